The third-order valence-electron chi connectivity index (χ3n) is 1.96. The van der Waals surface area contributed by atoms with Gasteiger partial charge in [0.1, 0.15) is 11.0 Å². The summed E-state index contributed by atoms with van der Waals surface area (Å²) in [4.78, 5) is 0. The Morgan fingerprint density at radius 3 is 2.44 bits per heavy atom. The second kappa shape index (κ2) is 3.47. The molecule has 1 fully saturated rings. The van der Waals surface area contributed by atoms with E-state index in [1.165, 1.54) is 25.7 Å². The van der Waals surface area contributed by atoms with E-state index in [9.17, 15) is 4.55 Å². The molecular formula is C7H14OS. The lowest BCUT2D eigenvalue weighted by atomic mass is 10.4. The van der Waals surface area contributed by atoms with Gasteiger partial charge in [0.2, 0.25) is 0 Å². The van der Waals surface area contributed by atoms with E-state index in [0.717, 1.165) is 5.75 Å². The molecule has 1 unspecified atom stereocenters. The summed E-state index contributed by atoms with van der Waals surface area (Å²) in [6, 6.07) is 0. The summed E-state index contributed by atoms with van der Waals surface area (Å²) in [7, 11) is 0. The summed E-state index contributed by atoms with van der Waals surface area (Å²) >= 11 is -0.502. The van der Waals surface area contributed by atoms with Crippen molar-refractivity contribution in [1.29, 1.82) is 0 Å². The molecule has 0 aromatic carbocycles. The molecule has 0 aliphatic heterocycles. The van der Waals surface area contributed by atoms with Gasteiger partial charge in [-0.3, -0.25) is 0 Å². The lowest BCUT2D eigenvalue weighted by Crippen LogP contribution is -2.19. The first-order valence-electron chi connectivity index (χ1n) is 3.71. The Morgan fingerprint density at radius 1 is 1.44 bits per heavy atom. The Balaban J connectivity index is 2.24. The molecule has 54 valence electrons. The van der Waals surface area contributed by atoms with Crippen LogP contribution in [0.25, 0.3) is 0 Å². The fraction of sp³-hybridized carbons (Fsp3) is 1.00. The summed E-state index contributed by atoms with van der Waals surface area (Å²) < 4.78 is 11.1. The third kappa shape index (κ3) is 1.87. The van der Waals surface area contributed by atoms with Gasteiger partial charge in [-0.15, -0.1) is 0 Å². The molecular weight excluding hydrogens is 132 g/mol. The van der Waals surface area contributed by atoms with Crippen LogP contribution in [-0.2, 0) is 11.2 Å². The van der Waals surface area contributed by atoms with E-state index in [1.54, 1.807) is 0 Å². The summed E-state index contributed by atoms with van der Waals surface area (Å²) in [5.74, 6) is 0.852. The van der Waals surface area contributed by atoms with E-state index >= 15 is 0 Å². The summed E-state index contributed by atoms with van der Waals surface area (Å²) in [5.41, 5.74) is 0. The smallest absolute Gasteiger partial charge is 0.115 e. The van der Waals surface area contributed by atoms with Crippen LogP contribution < -0.4 is 0 Å². The van der Waals surface area contributed by atoms with E-state index in [2.05, 4.69) is 0 Å². The van der Waals surface area contributed by atoms with Crippen molar-refractivity contribution < 1.29 is 4.55 Å². The molecule has 0 bridgehead atoms. The summed E-state index contributed by atoms with van der Waals surface area (Å²) in [6.07, 6.45) is 5.02. The molecule has 9 heavy (non-hydrogen) atoms. The summed E-state index contributed by atoms with van der Waals surface area (Å²) in [5, 5.41) is 0.551. The van der Waals surface area contributed by atoms with Gasteiger partial charge in [-0.1, -0.05) is 11.2 Å². The maximum atomic E-state index is 11.1. The first-order valence-corrected chi connectivity index (χ1v) is 5.10. The predicted octanol–water partition coefficient (Wildman–Crippen LogP) is 1.70. The van der Waals surface area contributed by atoms with Crippen LogP contribution >= 0.6 is 0 Å². The normalized spacial score (nSPS) is 24.7. The fourth-order valence-corrected chi connectivity index (χ4v) is 2.72. The zero-order valence-electron chi connectivity index (χ0n) is 5.93. The van der Waals surface area contributed by atoms with E-state index in [-0.39, 0.29) is 0 Å². The monoisotopic (exact) mass is 146 g/mol. The van der Waals surface area contributed by atoms with Crippen LogP contribution in [0.15, 0.2) is 0 Å². The molecule has 0 saturated heterocycles. The van der Waals surface area contributed by atoms with E-state index < -0.39 is 11.2 Å². The number of hydrogen-bond donors (Lipinski definition) is 0. The first kappa shape index (κ1) is 7.42. The molecule has 0 N–H and O–H groups in total. The molecule has 0 amide bonds. The average molecular weight is 146 g/mol. The van der Waals surface area contributed by atoms with Gasteiger partial charge in [0.25, 0.3) is 0 Å². The number of hydrogen-bond acceptors (Lipinski definition) is 1. The molecule has 1 nitrogen and oxygen atoms in total. The van der Waals surface area contributed by atoms with Crippen LogP contribution in [0, 0.1) is 0 Å². The minimum atomic E-state index is -0.502. The van der Waals surface area contributed by atoms with Gasteiger partial charge in [0.15, 0.2) is 0 Å². The lowest BCUT2D eigenvalue weighted by molar-refractivity contribution is 0.580. The van der Waals surface area contributed by atoms with Crippen LogP contribution in [-0.4, -0.2) is 15.6 Å². The molecule has 0 radical (unpaired) electrons. The Labute approximate surface area is 60.0 Å². The van der Waals surface area contributed by atoms with Gasteiger partial charge in [0, 0.05) is 0 Å². The Hall–Kier alpha value is 0.310. The predicted molar refractivity (Wildman–Crippen MR) is 40.9 cm³/mol. The third-order valence-corrected chi connectivity index (χ3v) is 3.74. The molecule has 1 aliphatic carbocycles. The number of rotatable bonds is 2. The highest BCUT2D eigenvalue weighted by atomic mass is 32.2. The topological polar surface area (TPSA) is 23.1 Å². The highest BCUT2D eigenvalue weighted by molar-refractivity contribution is 7.92. The fourth-order valence-electron chi connectivity index (χ4n) is 1.39. The van der Waals surface area contributed by atoms with Crippen molar-refractivity contribution in [3.63, 3.8) is 0 Å². The molecule has 0 spiro atoms. The molecule has 1 aliphatic rings. The first-order chi connectivity index (χ1) is 4.34. The van der Waals surface area contributed by atoms with E-state index in [4.69, 9.17) is 0 Å². The molecule has 0 aromatic heterocycles. The van der Waals surface area contributed by atoms with Gasteiger partial charge in [0.05, 0.1) is 0 Å². The zero-order valence-corrected chi connectivity index (χ0v) is 6.75. The standard InChI is InChI=1S/C7H14OS/c1-2-9(8)7-5-3-4-6-7/h7H,2-6H2,1H3. The Bertz CT molecular complexity index is 79.0. The minimum absolute atomic E-state index is 0.502. The van der Waals surface area contributed by atoms with Crippen molar-refractivity contribution in [2.45, 2.75) is 37.9 Å². The van der Waals surface area contributed by atoms with Crippen molar-refractivity contribution in [3.8, 4) is 0 Å². The van der Waals surface area contributed by atoms with Crippen molar-refractivity contribution in [3.05, 3.63) is 0 Å². The van der Waals surface area contributed by atoms with Gasteiger partial charge in [-0.25, -0.2) is 0 Å². The Kier molecular flexibility index (Phi) is 2.86. The quantitative estimate of drug-likeness (QED) is 0.544. The van der Waals surface area contributed by atoms with Crippen LogP contribution in [0.5, 0.6) is 0 Å². The van der Waals surface area contributed by atoms with Crippen LogP contribution in [0.2, 0.25) is 0 Å². The minimum Gasteiger partial charge on any atom is -0.616 e. The SMILES string of the molecule is CC[S+]([O-])C1CCCC1. The van der Waals surface area contributed by atoms with Crippen molar-refractivity contribution in [2.75, 3.05) is 5.75 Å². The van der Waals surface area contributed by atoms with Crippen molar-refractivity contribution in [2.24, 2.45) is 0 Å². The van der Waals surface area contributed by atoms with Gasteiger partial charge in [-0.05, 0) is 32.6 Å². The maximum Gasteiger partial charge on any atom is 0.115 e. The molecule has 0 aromatic rings. The van der Waals surface area contributed by atoms with Gasteiger partial charge in [-0.2, -0.15) is 0 Å². The maximum absolute atomic E-state index is 11.1. The van der Waals surface area contributed by atoms with Crippen LogP contribution in [0.4, 0.5) is 0 Å². The molecule has 2 heteroatoms. The average Bonchev–Trinajstić information content (AvgIpc) is 2.37. The largest absolute Gasteiger partial charge is 0.616 e. The second-order valence-corrected chi connectivity index (χ2v) is 4.58. The van der Waals surface area contributed by atoms with Gasteiger partial charge < -0.3 is 4.55 Å². The zero-order chi connectivity index (χ0) is 6.69. The van der Waals surface area contributed by atoms with E-state index in [0.29, 0.717) is 5.25 Å². The van der Waals surface area contributed by atoms with Crippen LogP contribution in [0.3, 0.4) is 0 Å². The molecule has 1 atom stereocenters. The highest BCUT2D eigenvalue weighted by Gasteiger charge is 2.24. The van der Waals surface area contributed by atoms with Gasteiger partial charge >= 0.3 is 0 Å². The molecule has 0 heterocycles. The highest BCUT2D eigenvalue weighted by Crippen LogP contribution is 2.24. The van der Waals surface area contributed by atoms with Crippen LogP contribution in [0.1, 0.15) is 32.6 Å². The van der Waals surface area contributed by atoms with Crippen molar-refractivity contribution in [1.82, 2.24) is 0 Å². The lowest BCUT2D eigenvalue weighted by Gasteiger charge is -2.14. The molecule has 1 rings (SSSR count). The Morgan fingerprint density at radius 2 is 2.00 bits per heavy atom. The summed E-state index contributed by atoms with van der Waals surface area (Å²) in [6.45, 7) is 2.01. The molecule has 1 saturated carbocycles. The second-order valence-electron chi connectivity index (χ2n) is 2.58. The van der Waals surface area contributed by atoms with E-state index in [1.807, 2.05) is 6.92 Å². The van der Waals surface area contributed by atoms with Crippen molar-refractivity contribution >= 4 is 11.2 Å².